The molecular weight excluding hydrogens is 256 g/mol. The molecule has 0 saturated carbocycles. The minimum Gasteiger partial charge on any atom is -0.494 e. The Morgan fingerprint density at radius 1 is 0.667 bits per heavy atom. The Bertz CT molecular complexity index is 210. The van der Waals surface area contributed by atoms with Gasteiger partial charge >= 0.3 is 5.95 Å². The third kappa shape index (κ3) is 9.29. The molecule has 0 aromatic heterocycles. The first-order valence-corrected chi connectivity index (χ1v) is 6.07. The van der Waals surface area contributed by atoms with Gasteiger partial charge in [-0.2, -0.15) is 0 Å². The molecule has 0 amide bonds. The lowest BCUT2D eigenvalue weighted by molar-refractivity contribution is -0.0156. The fraction of sp³-hybridized carbons (Fsp3) is 0.818. The van der Waals surface area contributed by atoms with E-state index in [0.29, 0.717) is 45.0 Å². The Hall–Kier alpha value is -0.763. The Kier molecular flexibility index (Phi) is 12.1. The van der Waals surface area contributed by atoms with Gasteiger partial charge in [-0.05, 0) is 0 Å². The molecule has 7 heteroatoms. The molecule has 6 nitrogen and oxygen atoms in total. The summed E-state index contributed by atoms with van der Waals surface area (Å²) in [6, 6.07) is 0. The van der Waals surface area contributed by atoms with Crippen LogP contribution in [-0.4, -0.2) is 71.2 Å². The molecule has 0 aliphatic rings. The largest absolute Gasteiger partial charge is 0.494 e. The highest BCUT2D eigenvalue weighted by Crippen LogP contribution is 2.07. The molecule has 0 rings (SSSR count). The van der Waals surface area contributed by atoms with Crippen LogP contribution in [0.5, 0.6) is 0 Å². The molecule has 18 heavy (non-hydrogen) atoms. The van der Waals surface area contributed by atoms with Crippen LogP contribution in [0.3, 0.4) is 0 Å². The minimum absolute atomic E-state index is 0.275. The maximum atomic E-state index is 5.38. The third-order valence-corrected chi connectivity index (χ3v) is 2.11. The van der Waals surface area contributed by atoms with E-state index in [1.165, 1.54) is 0 Å². The van der Waals surface area contributed by atoms with E-state index >= 15 is 0 Å². The number of ether oxygens (including phenoxy) is 6. The van der Waals surface area contributed by atoms with E-state index in [1.54, 1.807) is 21.3 Å². The highest BCUT2D eigenvalue weighted by Gasteiger charge is 2.07. The molecule has 0 saturated heterocycles. The molecule has 0 aliphatic heterocycles. The summed E-state index contributed by atoms with van der Waals surface area (Å²) in [5.41, 5.74) is 0. The fourth-order valence-electron chi connectivity index (χ4n) is 0.894. The zero-order valence-corrected chi connectivity index (χ0v) is 12.2. The molecule has 0 atom stereocenters. The monoisotopic (exact) mass is 277 g/mol. The van der Waals surface area contributed by atoms with E-state index in [0.717, 1.165) is 0 Å². The average molecular weight is 277 g/mol. The minimum atomic E-state index is 0.275. The summed E-state index contributed by atoms with van der Waals surface area (Å²) in [6.45, 7) is 2.57. The summed E-state index contributed by atoms with van der Waals surface area (Å²) >= 11 is 0. The van der Waals surface area contributed by atoms with E-state index < -0.39 is 0 Å². The molecule has 0 spiro atoms. The lowest BCUT2D eigenvalue weighted by atomic mass is 10.7. The molecule has 0 bridgehead atoms. The van der Waals surface area contributed by atoms with Crippen LogP contribution in [0.4, 0.5) is 0 Å². The van der Waals surface area contributed by atoms with Crippen LogP contribution < -0.4 is 0 Å². The van der Waals surface area contributed by atoms with Crippen LogP contribution in [0.25, 0.3) is 0 Å². The molecule has 0 heterocycles. The van der Waals surface area contributed by atoms with E-state index in [9.17, 15) is 0 Å². The number of hydrogen-bond donors (Lipinski definition) is 0. The second-order valence-electron chi connectivity index (χ2n) is 3.14. The number of rotatable bonds is 12. The normalized spacial score (nSPS) is 10.0. The smallest absolute Gasteiger partial charge is 0.312 e. The first-order valence-electron chi connectivity index (χ1n) is 5.57. The summed E-state index contributed by atoms with van der Waals surface area (Å²) in [5.74, 6) is 0.275. The predicted molar refractivity (Wildman–Crippen MR) is 66.3 cm³/mol. The van der Waals surface area contributed by atoms with Crippen LogP contribution in [-0.2, 0) is 28.4 Å². The van der Waals surface area contributed by atoms with Crippen molar-refractivity contribution in [3.8, 4) is 0 Å². The third-order valence-electron chi connectivity index (χ3n) is 1.76. The van der Waals surface area contributed by atoms with Crippen molar-refractivity contribution in [1.29, 1.82) is 0 Å². The Labute approximate surface area is 112 Å². The second-order valence-corrected chi connectivity index (χ2v) is 3.59. The van der Waals surface area contributed by atoms with Crippen molar-refractivity contribution in [2.45, 2.75) is 0 Å². The average Bonchev–Trinajstić information content (AvgIpc) is 2.37. The van der Waals surface area contributed by atoms with Gasteiger partial charge in [0.05, 0.1) is 19.8 Å². The van der Waals surface area contributed by atoms with Gasteiger partial charge in [-0.3, -0.25) is 0 Å². The number of hydrogen-bond acceptors (Lipinski definition) is 6. The van der Waals surface area contributed by atoms with Crippen LogP contribution in [0.2, 0.25) is 0 Å². The van der Waals surface area contributed by atoms with Gasteiger partial charge in [-0.15, -0.1) is 0 Å². The first-order chi connectivity index (χ1) is 8.76. The first kappa shape index (κ1) is 17.2. The Morgan fingerprint density at radius 3 is 1.44 bits per heavy atom. The molecule has 105 valence electrons. The van der Waals surface area contributed by atoms with Crippen molar-refractivity contribution in [2.24, 2.45) is 0 Å². The van der Waals surface area contributed by atoms with Crippen molar-refractivity contribution in [2.75, 3.05) is 61.0 Å². The van der Waals surface area contributed by atoms with E-state index in [1.807, 2.05) is 0 Å². The van der Waals surface area contributed by atoms with Crippen LogP contribution in [0, 0.1) is 0 Å². The van der Waals surface area contributed by atoms with Gasteiger partial charge in [0.1, 0.15) is 35.4 Å². The van der Waals surface area contributed by atoms with Gasteiger partial charge < -0.3 is 28.4 Å². The molecule has 0 fully saturated rings. The quantitative estimate of drug-likeness (QED) is 0.290. The van der Waals surface area contributed by atoms with Crippen LogP contribution in [0.15, 0.2) is 11.3 Å². The summed E-state index contributed by atoms with van der Waals surface area (Å²) in [4.78, 5) is 0. The highest BCUT2D eigenvalue weighted by atomic mass is 28.1. The molecular formula is C11H21O6Si. The molecule has 0 unspecified atom stereocenters. The zero-order valence-electron chi connectivity index (χ0n) is 11.2. The summed E-state index contributed by atoms with van der Waals surface area (Å²) < 4.78 is 30.8. The van der Waals surface area contributed by atoms with Crippen molar-refractivity contribution < 1.29 is 28.4 Å². The highest BCUT2D eigenvalue weighted by molar-refractivity contribution is 6.20. The van der Waals surface area contributed by atoms with E-state index in [-0.39, 0.29) is 5.95 Å². The molecule has 0 aliphatic carbocycles. The lowest BCUT2D eigenvalue weighted by Gasteiger charge is -2.15. The van der Waals surface area contributed by atoms with Crippen molar-refractivity contribution in [1.82, 2.24) is 0 Å². The van der Waals surface area contributed by atoms with Gasteiger partial charge in [0.2, 0.25) is 0 Å². The van der Waals surface area contributed by atoms with Crippen molar-refractivity contribution in [3.63, 3.8) is 0 Å². The van der Waals surface area contributed by atoms with Crippen molar-refractivity contribution in [3.05, 3.63) is 11.3 Å². The standard InChI is InChI=1S/C11H21O6Si/c1-12-4-7-15-10(16-8-5-13-2)11(18)17-9-6-14-3/h4-9H2,1-3H3. The summed E-state index contributed by atoms with van der Waals surface area (Å²) in [5, 5.41) is 0.388. The Balaban J connectivity index is 4.16. The topological polar surface area (TPSA) is 55.4 Å². The van der Waals surface area contributed by atoms with Gasteiger partial charge in [0.15, 0.2) is 0 Å². The van der Waals surface area contributed by atoms with Gasteiger partial charge in [-0.25, -0.2) is 0 Å². The molecule has 0 N–H and O–H groups in total. The fourth-order valence-corrected chi connectivity index (χ4v) is 1.14. The van der Waals surface area contributed by atoms with Gasteiger partial charge in [0, 0.05) is 21.3 Å². The van der Waals surface area contributed by atoms with Crippen LogP contribution >= 0.6 is 0 Å². The maximum Gasteiger partial charge on any atom is 0.312 e. The second kappa shape index (κ2) is 12.7. The van der Waals surface area contributed by atoms with E-state index in [4.69, 9.17) is 28.4 Å². The predicted octanol–water partition coefficient (Wildman–Crippen LogP) is 0.271. The molecule has 0 aromatic carbocycles. The van der Waals surface area contributed by atoms with Gasteiger partial charge in [0.25, 0.3) is 0 Å². The lowest BCUT2D eigenvalue weighted by Crippen LogP contribution is -2.12. The maximum absolute atomic E-state index is 5.38. The van der Waals surface area contributed by atoms with Gasteiger partial charge in [-0.1, -0.05) is 0 Å². The van der Waals surface area contributed by atoms with Crippen molar-refractivity contribution >= 4 is 10.2 Å². The Morgan fingerprint density at radius 2 is 1.06 bits per heavy atom. The SMILES string of the molecule is COCCOC([Si])=C(OCCOC)OCCOC. The van der Waals surface area contributed by atoms with E-state index in [2.05, 4.69) is 10.2 Å². The summed E-state index contributed by atoms with van der Waals surface area (Å²) in [6.07, 6.45) is 0. The zero-order chi connectivity index (χ0) is 13.6. The van der Waals surface area contributed by atoms with Crippen LogP contribution in [0.1, 0.15) is 0 Å². The molecule has 0 aromatic rings. The summed E-state index contributed by atoms with van der Waals surface area (Å²) in [7, 11) is 8.10. The molecule has 3 radical (unpaired) electrons. The number of methoxy groups -OCH3 is 3.